The van der Waals surface area contributed by atoms with Crippen LogP contribution in [0.4, 0.5) is 0 Å². The molecule has 0 saturated heterocycles. The first-order valence-electron chi connectivity index (χ1n) is 6.58. The lowest BCUT2D eigenvalue weighted by Crippen LogP contribution is -2.49. The van der Waals surface area contributed by atoms with Gasteiger partial charge in [0.15, 0.2) is 11.9 Å². The molecule has 0 fully saturated rings. The van der Waals surface area contributed by atoms with E-state index in [0.29, 0.717) is 0 Å². The van der Waals surface area contributed by atoms with E-state index >= 15 is 0 Å². The first kappa shape index (κ1) is 9.73. The third-order valence-electron chi connectivity index (χ3n) is 4.73. The van der Waals surface area contributed by atoms with Gasteiger partial charge in [-0.25, -0.2) is 0 Å². The third kappa shape index (κ3) is 0.907. The number of ether oxygens (including phenoxy) is 1. The van der Waals surface area contributed by atoms with E-state index in [0.717, 1.165) is 24.3 Å². The van der Waals surface area contributed by atoms with Gasteiger partial charge in [0.05, 0.1) is 5.41 Å². The highest BCUT2D eigenvalue weighted by molar-refractivity contribution is 6.01. The number of aliphatic imine (C=N–C) groups is 1. The Morgan fingerprint density at radius 2 is 2.26 bits per heavy atom. The monoisotopic (exact) mass is 249 g/mol. The van der Waals surface area contributed by atoms with E-state index in [9.17, 15) is 4.79 Å². The van der Waals surface area contributed by atoms with Crippen LogP contribution >= 0.6 is 0 Å². The zero-order valence-electron chi connectivity index (χ0n) is 10.2. The SMILES string of the molecule is O=C1C=CC2=C3Cc4cccc5c4C2(CC=N3)C1O5. The lowest BCUT2D eigenvalue weighted by atomic mass is 9.60. The topological polar surface area (TPSA) is 38.7 Å². The molecule has 4 aliphatic rings. The van der Waals surface area contributed by atoms with Crippen LogP contribution in [-0.4, -0.2) is 18.1 Å². The maximum Gasteiger partial charge on any atom is 0.197 e. The van der Waals surface area contributed by atoms with Crippen LogP contribution in [0, 0.1) is 0 Å². The van der Waals surface area contributed by atoms with E-state index in [1.165, 1.54) is 16.7 Å². The van der Waals surface area contributed by atoms with Crippen LogP contribution in [0.5, 0.6) is 5.75 Å². The number of nitrogens with zero attached hydrogens (tertiary/aromatic N) is 1. The van der Waals surface area contributed by atoms with Crippen LogP contribution < -0.4 is 4.74 Å². The Balaban J connectivity index is 1.96. The number of carbonyl (C=O) groups excluding carboxylic acids is 1. The Bertz CT molecular complexity index is 741. The van der Waals surface area contributed by atoms with Crippen LogP contribution in [0.25, 0.3) is 0 Å². The van der Waals surface area contributed by atoms with Crippen molar-refractivity contribution in [2.24, 2.45) is 4.99 Å². The van der Waals surface area contributed by atoms with Crippen molar-refractivity contribution in [2.75, 3.05) is 0 Å². The summed E-state index contributed by atoms with van der Waals surface area (Å²) in [7, 11) is 0. The minimum Gasteiger partial charge on any atom is -0.481 e. The van der Waals surface area contributed by atoms with Crippen molar-refractivity contribution in [3.05, 3.63) is 52.7 Å². The van der Waals surface area contributed by atoms with Gasteiger partial charge in [-0.15, -0.1) is 0 Å². The first-order valence-corrected chi connectivity index (χ1v) is 6.58. The maximum atomic E-state index is 12.2. The Labute approximate surface area is 110 Å². The molecule has 1 spiro atoms. The van der Waals surface area contributed by atoms with Crippen LogP contribution in [0.15, 0.2) is 46.6 Å². The number of hydrogen-bond acceptors (Lipinski definition) is 3. The molecule has 3 heteroatoms. The van der Waals surface area contributed by atoms with Crippen molar-refractivity contribution in [1.82, 2.24) is 0 Å². The molecule has 0 aromatic heterocycles. The Hall–Kier alpha value is -2.16. The molecule has 5 rings (SSSR count). The normalized spacial score (nSPS) is 32.4. The van der Waals surface area contributed by atoms with Crippen LogP contribution in [0.3, 0.4) is 0 Å². The summed E-state index contributed by atoms with van der Waals surface area (Å²) < 4.78 is 5.99. The van der Waals surface area contributed by atoms with E-state index in [4.69, 9.17) is 4.74 Å². The van der Waals surface area contributed by atoms with Crippen molar-refractivity contribution in [3.8, 4) is 5.75 Å². The van der Waals surface area contributed by atoms with E-state index in [1.54, 1.807) is 6.08 Å². The molecule has 3 nitrogen and oxygen atoms in total. The molecule has 0 radical (unpaired) electrons. The van der Waals surface area contributed by atoms with Gasteiger partial charge in [-0.3, -0.25) is 9.79 Å². The third-order valence-corrected chi connectivity index (χ3v) is 4.73. The van der Waals surface area contributed by atoms with Gasteiger partial charge in [-0.1, -0.05) is 18.2 Å². The second kappa shape index (κ2) is 2.87. The molecule has 1 aromatic carbocycles. The van der Waals surface area contributed by atoms with Gasteiger partial charge < -0.3 is 4.74 Å². The highest BCUT2D eigenvalue weighted by atomic mass is 16.5. The average Bonchev–Trinajstić information content (AvgIpc) is 2.74. The van der Waals surface area contributed by atoms with E-state index in [1.807, 2.05) is 24.4 Å². The Morgan fingerprint density at radius 1 is 1.32 bits per heavy atom. The number of allylic oxidation sites excluding steroid dienone is 2. The highest BCUT2D eigenvalue weighted by Crippen LogP contribution is 2.57. The quantitative estimate of drug-likeness (QED) is 0.706. The summed E-state index contributed by atoms with van der Waals surface area (Å²) in [4.78, 5) is 16.8. The Morgan fingerprint density at radius 3 is 3.21 bits per heavy atom. The van der Waals surface area contributed by atoms with Crippen molar-refractivity contribution in [3.63, 3.8) is 0 Å². The first-order chi connectivity index (χ1) is 9.30. The largest absolute Gasteiger partial charge is 0.481 e. The van der Waals surface area contributed by atoms with Gasteiger partial charge in [0, 0.05) is 30.3 Å². The number of hydrogen-bond donors (Lipinski definition) is 0. The molecule has 2 atom stereocenters. The zero-order valence-corrected chi connectivity index (χ0v) is 10.2. The van der Waals surface area contributed by atoms with Gasteiger partial charge in [-0.05, 0) is 23.3 Å². The predicted molar refractivity (Wildman–Crippen MR) is 70.5 cm³/mol. The molecule has 92 valence electrons. The molecule has 0 N–H and O–H groups in total. The fourth-order valence-corrected chi connectivity index (χ4v) is 4.03. The lowest BCUT2D eigenvalue weighted by molar-refractivity contribution is -0.122. The van der Waals surface area contributed by atoms with Gasteiger partial charge in [0.2, 0.25) is 0 Å². The highest BCUT2D eigenvalue weighted by Gasteiger charge is 2.58. The number of benzene rings is 1. The molecule has 2 aliphatic heterocycles. The van der Waals surface area contributed by atoms with Crippen molar-refractivity contribution < 1.29 is 9.53 Å². The summed E-state index contributed by atoms with van der Waals surface area (Å²) in [6.45, 7) is 0. The molecule has 0 saturated carbocycles. The van der Waals surface area contributed by atoms with Crippen LogP contribution in [-0.2, 0) is 16.6 Å². The summed E-state index contributed by atoms with van der Waals surface area (Å²) in [6.07, 6.45) is 6.76. The molecule has 2 unspecified atom stereocenters. The van der Waals surface area contributed by atoms with Gasteiger partial charge in [0.25, 0.3) is 0 Å². The second-order valence-electron chi connectivity index (χ2n) is 5.55. The summed E-state index contributed by atoms with van der Waals surface area (Å²) >= 11 is 0. The van der Waals surface area contributed by atoms with E-state index in [2.05, 4.69) is 11.1 Å². The average molecular weight is 249 g/mol. The summed E-state index contributed by atoms with van der Waals surface area (Å²) in [5.74, 6) is 0.953. The van der Waals surface area contributed by atoms with Gasteiger partial charge in [-0.2, -0.15) is 0 Å². The molecule has 0 amide bonds. The molecule has 19 heavy (non-hydrogen) atoms. The predicted octanol–water partition coefficient (Wildman–Crippen LogP) is 2.11. The van der Waals surface area contributed by atoms with Crippen LogP contribution in [0.2, 0.25) is 0 Å². The lowest BCUT2D eigenvalue weighted by Gasteiger charge is -2.42. The summed E-state index contributed by atoms with van der Waals surface area (Å²) in [6, 6.07) is 6.12. The maximum absolute atomic E-state index is 12.2. The molecular weight excluding hydrogens is 238 g/mol. The van der Waals surface area contributed by atoms with E-state index < -0.39 is 6.10 Å². The van der Waals surface area contributed by atoms with Crippen molar-refractivity contribution >= 4 is 12.0 Å². The molecule has 1 aromatic rings. The molecule has 2 heterocycles. The van der Waals surface area contributed by atoms with Crippen LogP contribution in [0.1, 0.15) is 17.5 Å². The standard InChI is InChI=1S/C16H11NO2/c18-12-5-4-10-11-8-9-2-1-3-13-14(9)16(10,6-7-17-11)15(12)19-13/h1-5,7,15H,6,8H2. The number of rotatable bonds is 0. The number of ketones is 1. The second-order valence-corrected chi connectivity index (χ2v) is 5.55. The molecular formula is C16H11NO2. The van der Waals surface area contributed by atoms with Gasteiger partial charge in [0.1, 0.15) is 5.75 Å². The van der Waals surface area contributed by atoms with E-state index in [-0.39, 0.29) is 11.2 Å². The molecule has 2 aliphatic carbocycles. The fourth-order valence-electron chi connectivity index (χ4n) is 4.03. The zero-order chi connectivity index (χ0) is 12.6. The summed E-state index contributed by atoms with van der Waals surface area (Å²) in [5, 5.41) is 0. The Kier molecular flexibility index (Phi) is 1.47. The van der Waals surface area contributed by atoms with Crippen molar-refractivity contribution in [2.45, 2.75) is 24.4 Å². The van der Waals surface area contributed by atoms with Crippen molar-refractivity contribution in [1.29, 1.82) is 0 Å². The minimum absolute atomic E-state index is 0.0717. The van der Waals surface area contributed by atoms with Gasteiger partial charge >= 0.3 is 0 Å². The smallest absolute Gasteiger partial charge is 0.197 e. The fraction of sp³-hybridized carbons (Fsp3) is 0.250. The summed E-state index contributed by atoms with van der Waals surface area (Å²) in [5.41, 5.74) is 4.47. The minimum atomic E-state index is -0.398. The molecule has 2 bridgehead atoms. The number of carbonyl (C=O) groups is 1.